The number of unbranched alkanes of at least 4 members (excludes halogenated alkanes) is 4. The maximum Gasteiger partial charge on any atom is 0.220 e. The Bertz CT molecular complexity index is 209. The summed E-state index contributed by atoms with van der Waals surface area (Å²) in [6.45, 7) is 4.37. The quantitative estimate of drug-likeness (QED) is 0.414. The zero-order chi connectivity index (χ0) is 13.8. The fourth-order valence-corrected chi connectivity index (χ4v) is 2.64. The Morgan fingerprint density at radius 1 is 1.06 bits per heavy atom. The molecular formula is C15H30ClNO. The molecule has 0 aromatic carbocycles. The third-order valence-corrected chi connectivity index (χ3v) is 4.05. The number of nitrogens with two attached hydrogens (primary N) is 1. The number of primary amides is 1. The molecule has 0 saturated carbocycles. The third kappa shape index (κ3) is 8.79. The van der Waals surface area contributed by atoms with E-state index in [-0.39, 0.29) is 11.8 Å². The van der Waals surface area contributed by atoms with E-state index in [0.29, 0.717) is 11.8 Å². The molecule has 0 aliphatic rings. The minimum atomic E-state index is -0.142. The molecule has 0 aromatic rings. The Morgan fingerprint density at radius 3 is 2.06 bits per heavy atom. The van der Waals surface area contributed by atoms with Crippen molar-refractivity contribution in [1.29, 1.82) is 0 Å². The van der Waals surface area contributed by atoms with Crippen molar-refractivity contribution in [3.05, 3.63) is 0 Å². The standard InChI is InChI=1S/C15H30ClNO/c1-3-5-7-9-13(12-16)11-14(15(17)18)10-8-6-4-2/h13-14H,3-12H2,1-2H3,(H2,17,18). The van der Waals surface area contributed by atoms with Gasteiger partial charge in [0.2, 0.25) is 5.91 Å². The van der Waals surface area contributed by atoms with Crippen LogP contribution in [0, 0.1) is 11.8 Å². The highest BCUT2D eigenvalue weighted by Crippen LogP contribution is 2.24. The van der Waals surface area contributed by atoms with E-state index in [1.54, 1.807) is 0 Å². The SMILES string of the molecule is CCCCCC(CCl)CC(CCCCC)C(N)=O. The summed E-state index contributed by atoms with van der Waals surface area (Å²) in [6, 6.07) is 0. The molecule has 0 rings (SSSR count). The molecule has 1 amide bonds. The topological polar surface area (TPSA) is 43.1 Å². The van der Waals surface area contributed by atoms with E-state index in [4.69, 9.17) is 17.3 Å². The first-order valence-corrected chi connectivity index (χ1v) is 8.04. The first-order valence-electron chi connectivity index (χ1n) is 7.50. The van der Waals surface area contributed by atoms with Gasteiger partial charge in [0.15, 0.2) is 0 Å². The molecule has 2 N–H and O–H groups in total. The van der Waals surface area contributed by atoms with E-state index in [9.17, 15) is 4.79 Å². The van der Waals surface area contributed by atoms with Crippen LogP contribution in [-0.2, 0) is 4.79 Å². The third-order valence-electron chi connectivity index (χ3n) is 3.61. The second-order valence-electron chi connectivity index (χ2n) is 5.35. The van der Waals surface area contributed by atoms with Crippen molar-refractivity contribution in [2.75, 3.05) is 5.88 Å². The van der Waals surface area contributed by atoms with Gasteiger partial charge in [0.05, 0.1) is 0 Å². The molecule has 2 atom stereocenters. The van der Waals surface area contributed by atoms with Crippen molar-refractivity contribution in [2.24, 2.45) is 17.6 Å². The first-order chi connectivity index (χ1) is 8.65. The van der Waals surface area contributed by atoms with Gasteiger partial charge in [-0.1, -0.05) is 52.4 Å². The molecule has 108 valence electrons. The fraction of sp³-hybridized carbons (Fsp3) is 0.933. The van der Waals surface area contributed by atoms with Crippen molar-refractivity contribution in [2.45, 2.75) is 71.6 Å². The number of rotatable bonds is 12. The maximum absolute atomic E-state index is 11.5. The van der Waals surface area contributed by atoms with Gasteiger partial charge in [-0.05, 0) is 25.2 Å². The molecule has 0 heterocycles. The number of alkyl halides is 1. The van der Waals surface area contributed by atoms with Crippen LogP contribution in [0.5, 0.6) is 0 Å². The predicted molar refractivity (Wildman–Crippen MR) is 79.8 cm³/mol. The molecule has 0 aliphatic heterocycles. The van der Waals surface area contributed by atoms with E-state index in [0.717, 1.165) is 25.7 Å². The monoisotopic (exact) mass is 275 g/mol. The lowest BCUT2D eigenvalue weighted by Gasteiger charge is -2.19. The van der Waals surface area contributed by atoms with Gasteiger partial charge in [0.1, 0.15) is 0 Å². The van der Waals surface area contributed by atoms with Gasteiger partial charge in [0, 0.05) is 11.8 Å². The number of hydrogen-bond acceptors (Lipinski definition) is 1. The summed E-state index contributed by atoms with van der Waals surface area (Å²) in [7, 11) is 0. The van der Waals surface area contributed by atoms with Crippen molar-refractivity contribution in [1.82, 2.24) is 0 Å². The molecule has 18 heavy (non-hydrogen) atoms. The second kappa shape index (κ2) is 11.8. The zero-order valence-corrected chi connectivity index (χ0v) is 12.8. The van der Waals surface area contributed by atoms with Gasteiger partial charge in [-0.2, -0.15) is 0 Å². The Kier molecular flexibility index (Phi) is 11.7. The summed E-state index contributed by atoms with van der Waals surface area (Å²) in [5.74, 6) is 0.998. The van der Waals surface area contributed by atoms with Crippen molar-refractivity contribution >= 4 is 17.5 Å². The highest BCUT2D eigenvalue weighted by Gasteiger charge is 2.20. The van der Waals surface area contributed by atoms with Crippen LogP contribution in [0.25, 0.3) is 0 Å². The van der Waals surface area contributed by atoms with Gasteiger partial charge in [-0.15, -0.1) is 11.6 Å². The van der Waals surface area contributed by atoms with Crippen molar-refractivity contribution < 1.29 is 4.79 Å². The molecule has 3 heteroatoms. The summed E-state index contributed by atoms with van der Waals surface area (Å²) in [5.41, 5.74) is 5.49. The van der Waals surface area contributed by atoms with Crippen LogP contribution in [0.15, 0.2) is 0 Å². The van der Waals surface area contributed by atoms with E-state index < -0.39 is 0 Å². The van der Waals surface area contributed by atoms with Crippen molar-refractivity contribution in [3.8, 4) is 0 Å². The van der Waals surface area contributed by atoms with Gasteiger partial charge < -0.3 is 5.73 Å². The first kappa shape index (κ1) is 17.8. The van der Waals surface area contributed by atoms with Crippen LogP contribution in [0.1, 0.15) is 71.6 Å². The zero-order valence-electron chi connectivity index (χ0n) is 12.1. The van der Waals surface area contributed by atoms with Gasteiger partial charge in [-0.3, -0.25) is 4.79 Å². The van der Waals surface area contributed by atoms with Gasteiger partial charge in [-0.25, -0.2) is 0 Å². The lowest BCUT2D eigenvalue weighted by molar-refractivity contribution is -0.122. The summed E-state index contributed by atoms with van der Waals surface area (Å²) in [4.78, 5) is 11.5. The largest absolute Gasteiger partial charge is 0.369 e. The van der Waals surface area contributed by atoms with Crippen LogP contribution >= 0.6 is 11.6 Å². The van der Waals surface area contributed by atoms with Crippen molar-refractivity contribution in [3.63, 3.8) is 0 Å². The highest BCUT2D eigenvalue weighted by molar-refractivity contribution is 6.18. The molecule has 0 radical (unpaired) electrons. The van der Waals surface area contributed by atoms with Gasteiger partial charge >= 0.3 is 0 Å². The summed E-state index contributed by atoms with van der Waals surface area (Å²) in [5, 5.41) is 0. The normalized spacial score (nSPS) is 14.4. The second-order valence-corrected chi connectivity index (χ2v) is 5.66. The van der Waals surface area contributed by atoms with E-state index in [1.165, 1.54) is 32.1 Å². The molecule has 0 fully saturated rings. The average Bonchev–Trinajstić information content (AvgIpc) is 2.35. The molecule has 0 aromatic heterocycles. The Hall–Kier alpha value is -0.240. The molecule has 2 nitrogen and oxygen atoms in total. The number of amides is 1. The van der Waals surface area contributed by atoms with Crippen LogP contribution in [-0.4, -0.2) is 11.8 Å². The predicted octanol–water partition coefficient (Wildman–Crippen LogP) is 4.49. The molecule has 0 saturated heterocycles. The highest BCUT2D eigenvalue weighted by atomic mass is 35.5. The van der Waals surface area contributed by atoms with Crippen LogP contribution in [0.3, 0.4) is 0 Å². The van der Waals surface area contributed by atoms with Crippen LogP contribution in [0.2, 0.25) is 0 Å². The summed E-state index contributed by atoms with van der Waals surface area (Å²) >= 11 is 6.00. The summed E-state index contributed by atoms with van der Waals surface area (Å²) < 4.78 is 0. The Balaban J connectivity index is 4.04. The fourth-order valence-electron chi connectivity index (χ4n) is 2.36. The van der Waals surface area contributed by atoms with Crippen LogP contribution in [0.4, 0.5) is 0 Å². The number of halogens is 1. The number of carbonyl (C=O) groups excluding carboxylic acids is 1. The maximum atomic E-state index is 11.5. The molecule has 0 aliphatic carbocycles. The minimum absolute atomic E-state index is 0.0296. The van der Waals surface area contributed by atoms with Gasteiger partial charge in [0.25, 0.3) is 0 Å². The average molecular weight is 276 g/mol. The molecule has 0 spiro atoms. The minimum Gasteiger partial charge on any atom is -0.369 e. The Labute approximate surface area is 118 Å². The molecule has 2 unspecified atom stereocenters. The smallest absolute Gasteiger partial charge is 0.220 e. The lowest BCUT2D eigenvalue weighted by atomic mass is 9.88. The molecule has 0 bridgehead atoms. The number of carbonyl (C=O) groups is 1. The Morgan fingerprint density at radius 2 is 1.61 bits per heavy atom. The molecular weight excluding hydrogens is 246 g/mol. The van der Waals surface area contributed by atoms with Crippen LogP contribution < -0.4 is 5.73 Å². The number of hydrogen-bond donors (Lipinski definition) is 1. The summed E-state index contributed by atoms with van der Waals surface area (Å²) in [6.07, 6.45) is 10.1. The van der Waals surface area contributed by atoms with E-state index in [2.05, 4.69) is 13.8 Å². The van der Waals surface area contributed by atoms with E-state index in [1.807, 2.05) is 0 Å². The van der Waals surface area contributed by atoms with E-state index >= 15 is 0 Å². The lowest BCUT2D eigenvalue weighted by Crippen LogP contribution is -2.26.